The van der Waals surface area contributed by atoms with Crippen LogP contribution in [0.4, 0.5) is 5.82 Å². The summed E-state index contributed by atoms with van der Waals surface area (Å²) >= 11 is 8.44. The van der Waals surface area contributed by atoms with Crippen LogP contribution in [-0.2, 0) is 17.7 Å². The lowest BCUT2D eigenvalue weighted by atomic mass is 10.1. The molecule has 1 aliphatic heterocycles. The first kappa shape index (κ1) is 25.0. The molecule has 2 aromatic heterocycles. The van der Waals surface area contributed by atoms with Crippen LogP contribution in [0.1, 0.15) is 16.5 Å². The Labute approximate surface area is 221 Å². The summed E-state index contributed by atoms with van der Waals surface area (Å²) in [4.78, 5) is 12.2. The zero-order valence-electron chi connectivity index (χ0n) is 20.2. The lowest BCUT2D eigenvalue weighted by Gasteiger charge is -2.26. The van der Waals surface area contributed by atoms with E-state index in [1.54, 1.807) is 11.8 Å². The van der Waals surface area contributed by atoms with E-state index < -0.39 is 0 Å². The maximum atomic E-state index is 6.76. The Bertz CT molecular complexity index is 1230. The average molecular weight is 523 g/mol. The van der Waals surface area contributed by atoms with Crippen molar-refractivity contribution < 1.29 is 4.74 Å². The number of benzene rings is 2. The summed E-state index contributed by atoms with van der Waals surface area (Å²) in [5.74, 6) is 1.74. The Kier molecular flexibility index (Phi) is 8.72. The average Bonchev–Trinajstić information content (AvgIpc) is 3.33. The van der Waals surface area contributed by atoms with Crippen LogP contribution >= 0.6 is 23.4 Å². The van der Waals surface area contributed by atoms with Crippen LogP contribution in [0.25, 0.3) is 11.0 Å². The van der Waals surface area contributed by atoms with Gasteiger partial charge in [-0.25, -0.2) is 14.6 Å². The van der Waals surface area contributed by atoms with Crippen molar-refractivity contribution in [1.82, 2.24) is 24.6 Å². The first-order valence-corrected chi connectivity index (χ1v) is 13.8. The van der Waals surface area contributed by atoms with Gasteiger partial charge in [-0.2, -0.15) is 5.10 Å². The number of alkyl halides is 1. The molecule has 0 aliphatic carbocycles. The van der Waals surface area contributed by atoms with Gasteiger partial charge in [-0.3, -0.25) is 4.90 Å². The van der Waals surface area contributed by atoms with E-state index in [9.17, 15) is 0 Å². The summed E-state index contributed by atoms with van der Waals surface area (Å²) < 4.78 is 7.36. The fraction of sp³-hybridized carbons (Fsp3) is 0.370. The number of nitrogens with zero attached hydrogens (tertiary/aromatic N) is 5. The van der Waals surface area contributed by atoms with Gasteiger partial charge in [0.05, 0.1) is 36.7 Å². The van der Waals surface area contributed by atoms with E-state index in [4.69, 9.17) is 26.3 Å². The van der Waals surface area contributed by atoms with Crippen molar-refractivity contribution in [3.8, 4) is 0 Å². The van der Waals surface area contributed by atoms with Crippen molar-refractivity contribution in [2.45, 2.75) is 23.5 Å². The monoisotopic (exact) mass is 522 g/mol. The fourth-order valence-corrected chi connectivity index (χ4v) is 5.36. The second-order valence-electron chi connectivity index (χ2n) is 8.76. The molecular formula is C27H31ClN6OS. The topological polar surface area (TPSA) is 68.1 Å². The second-order valence-corrected chi connectivity index (χ2v) is 10.4. The van der Waals surface area contributed by atoms with Crippen LogP contribution in [-0.4, -0.2) is 69.8 Å². The van der Waals surface area contributed by atoms with E-state index in [1.807, 2.05) is 47.3 Å². The number of hydrogen-bond acceptors (Lipinski definition) is 7. The quantitative estimate of drug-likeness (QED) is 0.171. The molecule has 1 atom stereocenters. The second kappa shape index (κ2) is 12.5. The number of fused-ring (bicyclic) bond motifs is 1. The van der Waals surface area contributed by atoms with Crippen LogP contribution in [0.2, 0.25) is 0 Å². The van der Waals surface area contributed by atoms with Gasteiger partial charge in [0.15, 0.2) is 10.8 Å². The molecule has 4 aromatic rings. The predicted octanol–water partition coefficient (Wildman–Crippen LogP) is 4.89. The summed E-state index contributed by atoms with van der Waals surface area (Å²) in [5.41, 5.74) is 3.17. The van der Waals surface area contributed by atoms with E-state index in [0.29, 0.717) is 6.54 Å². The molecule has 1 unspecified atom stereocenters. The van der Waals surface area contributed by atoms with Crippen molar-refractivity contribution in [3.05, 3.63) is 78.0 Å². The molecular weight excluding hydrogens is 492 g/mol. The van der Waals surface area contributed by atoms with Crippen molar-refractivity contribution in [2.75, 3.05) is 50.5 Å². The third-order valence-corrected chi connectivity index (χ3v) is 7.48. The molecule has 0 radical (unpaired) electrons. The van der Waals surface area contributed by atoms with Gasteiger partial charge in [-0.05, 0) is 17.5 Å². The minimum atomic E-state index is -0.198. The summed E-state index contributed by atoms with van der Waals surface area (Å²) in [6.07, 6.45) is 2.76. The molecule has 0 bridgehead atoms. The highest BCUT2D eigenvalue weighted by atomic mass is 35.5. The summed E-state index contributed by atoms with van der Waals surface area (Å²) in [7, 11) is 0. The molecule has 0 saturated carbocycles. The number of anilines is 1. The molecule has 1 saturated heterocycles. The molecule has 2 aromatic carbocycles. The highest BCUT2D eigenvalue weighted by molar-refractivity contribution is 7.99. The first-order chi connectivity index (χ1) is 17.8. The van der Waals surface area contributed by atoms with Crippen molar-refractivity contribution >= 4 is 40.2 Å². The van der Waals surface area contributed by atoms with Crippen molar-refractivity contribution in [2.24, 2.45) is 0 Å². The van der Waals surface area contributed by atoms with Crippen LogP contribution in [0.5, 0.6) is 0 Å². The van der Waals surface area contributed by atoms with Gasteiger partial charge in [-0.1, -0.05) is 72.4 Å². The molecule has 3 heterocycles. The Morgan fingerprint density at radius 3 is 2.53 bits per heavy atom. The normalized spacial score (nSPS) is 15.2. The van der Waals surface area contributed by atoms with Crippen LogP contribution in [0, 0.1) is 0 Å². The highest BCUT2D eigenvalue weighted by Crippen LogP contribution is 2.28. The van der Waals surface area contributed by atoms with Crippen molar-refractivity contribution in [1.29, 1.82) is 0 Å². The number of rotatable bonds is 11. The van der Waals surface area contributed by atoms with Gasteiger partial charge >= 0.3 is 0 Å². The Morgan fingerprint density at radius 2 is 1.75 bits per heavy atom. The molecule has 1 aliphatic rings. The largest absolute Gasteiger partial charge is 0.379 e. The van der Waals surface area contributed by atoms with Crippen molar-refractivity contribution in [3.63, 3.8) is 0 Å². The van der Waals surface area contributed by atoms with Gasteiger partial charge in [-0.15, -0.1) is 11.6 Å². The number of nitrogens with one attached hydrogen (secondary N) is 1. The van der Waals surface area contributed by atoms with E-state index in [1.165, 1.54) is 5.56 Å². The van der Waals surface area contributed by atoms with Gasteiger partial charge in [0.25, 0.3) is 0 Å². The molecule has 7 nitrogen and oxygen atoms in total. The minimum Gasteiger partial charge on any atom is -0.379 e. The van der Waals surface area contributed by atoms with Gasteiger partial charge in [0.1, 0.15) is 5.82 Å². The lowest BCUT2D eigenvalue weighted by Crippen LogP contribution is -2.37. The molecule has 0 amide bonds. The summed E-state index contributed by atoms with van der Waals surface area (Å²) in [5, 5.41) is 9.65. The van der Waals surface area contributed by atoms with Crippen LogP contribution in [0.15, 0.2) is 72.0 Å². The number of hydrogen-bond donors (Lipinski definition) is 1. The fourth-order valence-electron chi connectivity index (χ4n) is 4.25. The minimum absolute atomic E-state index is 0.198. The van der Waals surface area contributed by atoms with E-state index in [0.717, 1.165) is 79.1 Å². The third kappa shape index (κ3) is 6.56. The predicted molar refractivity (Wildman–Crippen MR) is 147 cm³/mol. The zero-order valence-corrected chi connectivity index (χ0v) is 21.8. The van der Waals surface area contributed by atoms with Crippen LogP contribution in [0.3, 0.4) is 0 Å². The van der Waals surface area contributed by atoms with Gasteiger partial charge in [0, 0.05) is 31.9 Å². The van der Waals surface area contributed by atoms with Gasteiger partial charge in [0.2, 0.25) is 0 Å². The number of ether oxygens (including phenoxy) is 1. The lowest BCUT2D eigenvalue weighted by molar-refractivity contribution is 0.0410. The highest BCUT2D eigenvalue weighted by Gasteiger charge is 2.17. The third-order valence-electron chi connectivity index (χ3n) is 6.26. The molecule has 5 rings (SSSR count). The zero-order chi connectivity index (χ0) is 24.6. The number of thioether (sulfide) groups is 1. The molecule has 1 N–H and O–H groups in total. The maximum absolute atomic E-state index is 6.76. The van der Waals surface area contributed by atoms with E-state index in [-0.39, 0.29) is 5.38 Å². The summed E-state index contributed by atoms with van der Waals surface area (Å²) in [6, 6.07) is 20.6. The SMILES string of the molecule is ClC(Cn1ncc2c(NCCc3ccccc3)nc(SCCN3CCOCC3)nc21)c1ccccc1. The Hall–Kier alpha value is -2.65. The molecule has 1 fully saturated rings. The number of halogens is 1. The number of morpholine rings is 1. The Balaban J connectivity index is 1.33. The maximum Gasteiger partial charge on any atom is 0.191 e. The molecule has 36 heavy (non-hydrogen) atoms. The van der Waals surface area contributed by atoms with Crippen LogP contribution < -0.4 is 5.32 Å². The molecule has 0 spiro atoms. The summed E-state index contributed by atoms with van der Waals surface area (Å²) in [6.45, 7) is 5.88. The standard InChI is InChI=1S/C27H31ClN6OS/c28-24(22-9-5-2-6-10-22)20-34-26-23(19-30-34)25(29-12-11-21-7-3-1-4-8-21)31-27(32-26)36-18-15-33-13-16-35-17-14-33/h1-10,19,24H,11-18,20H2,(H,29,31,32). The Morgan fingerprint density at radius 1 is 1.00 bits per heavy atom. The molecule has 9 heteroatoms. The van der Waals surface area contributed by atoms with Gasteiger partial charge < -0.3 is 10.1 Å². The van der Waals surface area contributed by atoms with E-state index in [2.05, 4.69) is 39.6 Å². The smallest absolute Gasteiger partial charge is 0.191 e. The van der Waals surface area contributed by atoms with E-state index >= 15 is 0 Å². The molecule has 188 valence electrons. The first-order valence-electron chi connectivity index (χ1n) is 12.4. The number of aromatic nitrogens is 4.